The van der Waals surface area contributed by atoms with E-state index < -0.39 is 0 Å². The van der Waals surface area contributed by atoms with Crippen LogP contribution in [-0.4, -0.2) is 64.9 Å². The van der Waals surface area contributed by atoms with Crippen molar-refractivity contribution in [3.63, 3.8) is 0 Å². The third-order valence-corrected chi connectivity index (χ3v) is 2.88. The molecular weight excluding hydrogens is 238 g/mol. The lowest BCUT2D eigenvalue weighted by molar-refractivity contribution is -0.133. The number of carbonyl (C=O) groups is 1. The third kappa shape index (κ3) is 6.26. The maximum atomic E-state index is 11.9. The Morgan fingerprint density at radius 3 is 2.24 bits per heavy atom. The van der Waals surface area contributed by atoms with E-state index in [1.165, 1.54) is 0 Å². The van der Waals surface area contributed by atoms with Gasteiger partial charge in [-0.3, -0.25) is 9.69 Å². The number of thiol groups is 1. The number of aliphatic hydroxyl groups excluding tert-OH is 1. The Bertz CT molecular complexity index is 235. The Labute approximate surface area is 109 Å². The Hall–Kier alpha value is -0.300. The number of hydrogen-bond acceptors (Lipinski definition) is 5. The van der Waals surface area contributed by atoms with Crippen molar-refractivity contribution in [1.82, 2.24) is 16.0 Å². The van der Waals surface area contributed by atoms with E-state index in [4.69, 9.17) is 5.11 Å². The number of piperazine rings is 1. The highest BCUT2D eigenvalue weighted by molar-refractivity contribution is 7.81. The Balaban J connectivity index is 0.00000256. The molecule has 0 bridgehead atoms. The summed E-state index contributed by atoms with van der Waals surface area (Å²) in [5, 5.41) is 8.81. The summed E-state index contributed by atoms with van der Waals surface area (Å²) in [6.45, 7) is 8.06. The summed E-state index contributed by atoms with van der Waals surface area (Å²) in [6.07, 6.45) is 0.482. The zero-order valence-corrected chi connectivity index (χ0v) is 11.7. The first-order chi connectivity index (χ1) is 7.42. The molecule has 4 N–H and O–H groups in total. The van der Waals surface area contributed by atoms with E-state index in [-0.39, 0.29) is 23.4 Å². The number of amides is 1. The molecule has 0 aromatic carbocycles. The largest absolute Gasteiger partial charge is 0.395 e. The molecule has 6 heteroatoms. The quantitative estimate of drug-likeness (QED) is 0.641. The molecule has 5 nitrogen and oxygen atoms in total. The van der Waals surface area contributed by atoms with Crippen LogP contribution in [0, 0.1) is 0 Å². The van der Waals surface area contributed by atoms with Gasteiger partial charge < -0.3 is 16.2 Å². The zero-order valence-electron chi connectivity index (χ0n) is 10.9. The summed E-state index contributed by atoms with van der Waals surface area (Å²) in [4.78, 5) is 16.0. The molecule has 1 amide bonds. The van der Waals surface area contributed by atoms with E-state index in [9.17, 15) is 4.79 Å². The van der Waals surface area contributed by atoms with Gasteiger partial charge in [-0.05, 0) is 0 Å². The predicted octanol–water partition coefficient (Wildman–Crippen LogP) is 0.383. The maximum absolute atomic E-state index is 11.9. The molecule has 0 radical (unpaired) electrons. The van der Waals surface area contributed by atoms with Crippen LogP contribution in [0.2, 0.25) is 0 Å². The molecule has 17 heavy (non-hydrogen) atoms. The first kappa shape index (κ1) is 16.7. The van der Waals surface area contributed by atoms with E-state index in [0.717, 1.165) is 26.2 Å². The van der Waals surface area contributed by atoms with E-state index in [0.29, 0.717) is 13.0 Å². The van der Waals surface area contributed by atoms with Crippen molar-refractivity contribution >= 4 is 18.5 Å². The topological polar surface area (TPSA) is 78.8 Å². The minimum atomic E-state index is -0.237. The Morgan fingerprint density at radius 1 is 1.29 bits per heavy atom. The zero-order chi connectivity index (χ0) is 12.2. The number of aliphatic hydroxyl groups is 1. The van der Waals surface area contributed by atoms with Crippen LogP contribution in [0.5, 0.6) is 0 Å². The van der Waals surface area contributed by atoms with Crippen LogP contribution in [0.4, 0.5) is 0 Å². The average molecular weight is 263 g/mol. The average Bonchev–Trinajstić information content (AvgIpc) is 2.16. The molecule has 0 aliphatic carbocycles. The lowest BCUT2D eigenvalue weighted by Gasteiger charge is -2.35. The fourth-order valence-electron chi connectivity index (χ4n) is 1.84. The van der Waals surface area contributed by atoms with Gasteiger partial charge in [0, 0.05) is 43.9 Å². The van der Waals surface area contributed by atoms with Gasteiger partial charge in [0.15, 0.2) is 0 Å². The van der Waals surface area contributed by atoms with E-state index in [1.54, 1.807) is 0 Å². The van der Waals surface area contributed by atoms with Crippen molar-refractivity contribution in [3.8, 4) is 0 Å². The van der Waals surface area contributed by atoms with Crippen LogP contribution < -0.4 is 6.15 Å². The first-order valence-corrected chi connectivity index (χ1v) is 6.20. The predicted molar refractivity (Wildman–Crippen MR) is 72.8 cm³/mol. The van der Waals surface area contributed by atoms with E-state index in [2.05, 4.69) is 17.5 Å². The Morgan fingerprint density at radius 2 is 1.82 bits per heavy atom. The standard InChI is InChI=1S/C11H22N2O2S.H3N/c1-11(2,16)9-10(15)13-5-3-12(4-6-13)7-8-14;/h14,16H,3-9H2,1-2H3;1H3. The summed E-state index contributed by atoms with van der Waals surface area (Å²) >= 11 is 4.37. The normalized spacial score (nSPS) is 17.8. The van der Waals surface area contributed by atoms with Crippen molar-refractivity contribution in [1.29, 1.82) is 0 Å². The van der Waals surface area contributed by atoms with E-state index in [1.807, 2.05) is 18.7 Å². The van der Waals surface area contributed by atoms with Gasteiger partial charge in [-0.2, -0.15) is 12.6 Å². The lowest BCUT2D eigenvalue weighted by atomic mass is 10.1. The highest BCUT2D eigenvalue weighted by Crippen LogP contribution is 2.18. The summed E-state index contributed by atoms with van der Waals surface area (Å²) in [5.74, 6) is 0.184. The Kier molecular flexibility index (Phi) is 7.08. The van der Waals surface area contributed by atoms with Crippen LogP contribution in [-0.2, 0) is 4.79 Å². The monoisotopic (exact) mass is 263 g/mol. The molecule has 1 heterocycles. The number of nitrogens with zero attached hydrogens (tertiary/aromatic N) is 2. The summed E-state index contributed by atoms with van der Waals surface area (Å²) in [6, 6.07) is 0. The third-order valence-electron chi connectivity index (χ3n) is 2.73. The molecule has 1 aliphatic rings. The number of hydrogen-bond donors (Lipinski definition) is 3. The second-order valence-corrected chi connectivity index (χ2v) is 6.15. The fourth-order valence-corrected chi connectivity index (χ4v) is 1.98. The van der Waals surface area contributed by atoms with Crippen molar-refractivity contribution in [3.05, 3.63) is 0 Å². The van der Waals surface area contributed by atoms with Gasteiger partial charge in [0.1, 0.15) is 0 Å². The smallest absolute Gasteiger partial charge is 0.224 e. The van der Waals surface area contributed by atoms with Crippen LogP contribution in [0.3, 0.4) is 0 Å². The lowest BCUT2D eigenvalue weighted by Crippen LogP contribution is -2.50. The van der Waals surface area contributed by atoms with Gasteiger partial charge in [-0.15, -0.1) is 0 Å². The molecule has 0 spiro atoms. The van der Waals surface area contributed by atoms with Gasteiger partial charge in [0.2, 0.25) is 5.91 Å². The van der Waals surface area contributed by atoms with Crippen molar-refractivity contribution in [2.24, 2.45) is 0 Å². The molecule has 1 saturated heterocycles. The van der Waals surface area contributed by atoms with Gasteiger partial charge in [-0.1, -0.05) is 13.8 Å². The summed E-state index contributed by atoms with van der Waals surface area (Å²) < 4.78 is -0.237. The summed E-state index contributed by atoms with van der Waals surface area (Å²) in [7, 11) is 0. The van der Waals surface area contributed by atoms with Crippen molar-refractivity contribution in [2.75, 3.05) is 39.3 Å². The highest BCUT2D eigenvalue weighted by atomic mass is 32.1. The molecule has 0 saturated carbocycles. The molecule has 0 unspecified atom stereocenters. The fraction of sp³-hybridized carbons (Fsp3) is 0.909. The van der Waals surface area contributed by atoms with Gasteiger partial charge in [0.25, 0.3) is 0 Å². The van der Waals surface area contributed by atoms with Crippen LogP contribution in [0.25, 0.3) is 0 Å². The number of rotatable bonds is 4. The molecule has 0 aromatic heterocycles. The number of carbonyl (C=O) groups excluding carboxylic acids is 1. The molecule has 1 rings (SSSR count). The van der Waals surface area contributed by atoms with Crippen molar-refractivity contribution in [2.45, 2.75) is 25.0 Å². The number of β-amino-alcohol motifs (C(OH)–C–C–N with tert-alkyl or cyclic N) is 1. The SMILES string of the molecule is CC(C)(S)CC(=O)N1CCN(CCO)CC1.N. The molecule has 0 aromatic rings. The van der Waals surface area contributed by atoms with Crippen LogP contribution >= 0.6 is 12.6 Å². The van der Waals surface area contributed by atoms with Crippen molar-refractivity contribution < 1.29 is 9.90 Å². The maximum Gasteiger partial charge on any atom is 0.224 e. The highest BCUT2D eigenvalue weighted by Gasteiger charge is 2.24. The van der Waals surface area contributed by atoms with Crippen LogP contribution in [0.1, 0.15) is 20.3 Å². The van der Waals surface area contributed by atoms with E-state index >= 15 is 0 Å². The van der Waals surface area contributed by atoms with Crippen LogP contribution in [0.15, 0.2) is 0 Å². The minimum Gasteiger partial charge on any atom is -0.395 e. The van der Waals surface area contributed by atoms with Gasteiger partial charge in [-0.25, -0.2) is 0 Å². The molecule has 1 fully saturated rings. The summed E-state index contributed by atoms with van der Waals surface area (Å²) in [5.41, 5.74) is 0. The second kappa shape index (κ2) is 7.20. The molecule has 1 aliphatic heterocycles. The van der Waals surface area contributed by atoms with Gasteiger partial charge >= 0.3 is 0 Å². The first-order valence-electron chi connectivity index (χ1n) is 5.76. The minimum absolute atomic E-state index is 0. The molecule has 0 atom stereocenters. The second-order valence-electron chi connectivity index (χ2n) is 4.94. The molecule has 102 valence electrons. The molecular formula is C11H25N3O2S. The van der Waals surface area contributed by atoms with Gasteiger partial charge in [0.05, 0.1) is 6.61 Å².